The minimum Gasteiger partial charge on any atom is -0.504 e. The number of aromatic hydroxyl groups is 4. The largest absolute Gasteiger partial charge is 0.504 e. The van der Waals surface area contributed by atoms with Crippen LogP contribution in [0, 0.1) is 0 Å². The van der Waals surface area contributed by atoms with Gasteiger partial charge >= 0.3 is 0 Å². The van der Waals surface area contributed by atoms with Crippen LogP contribution in [0.1, 0.15) is 116 Å². The van der Waals surface area contributed by atoms with Crippen LogP contribution < -0.4 is 0 Å². The quantitative estimate of drug-likeness (QED) is 0.332. The number of hydrogen-bond acceptors (Lipinski definition) is 9. The predicted octanol–water partition coefficient (Wildman–Crippen LogP) is 4.66. The third-order valence-electron chi connectivity index (χ3n) is 7.17. The number of Topliss-reactive ketones (excluding diaryl/α,β-unsaturated/α-hetero) is 4. The number of carbonyl (C=O) groups excluding carboxylic acids is 5. The molecule has 9 heteroatoms. The van der Waals surface area contributed by atoms with E-state index in [1.165, 1.54) is 13.8 Å². The fourth-order valence-corrected chi connectivity index (χ4v) is 5.38. The van der Waals surface area contributed by atoms with Crippen LogP contribution in [0.4, 0.5) is 0 Å². The Kier molecular flexibility index (Phi) is 6.14. The molecule has 0 amide bonds. The molecule has 0 unspecified atom stereocenters. The Balaban J connectivity index is 2.08. The van der Waals surface area contributed by atoms with Crippen LogP contribution in [0.15, 0.2) is 28.4 Å². The average Bonchev–Trinajstić information content (AvgIpc) is 2.84. The summed E-state index contributed by atoms with van der Waals surface area (Å²) in [5, 5.41) is 41.8. The van der Waals surface area contributed by atoms with Crippen LogP contribution in [-0.2, 0) is 0 Å². The summed E-state index contributed by atoms with van der Waals surface area (Å²) in [6.45, 7) is 9.21. The standard InChI is InChI=1S/C29H26O9/c1-9(2)16-20-13(7-15(31)27(16)36)25(34)18(11(5)23(20)32)19-12(6)24(33)22-17(10(3)4)29(38)26(35)14(8-30)21(22)28(19)37/h7-10,31,35-36,38H,1-6H3. The molecule has 4 N–H and O–H groups in total. The molecule has 0 saturated heterocycles. The van der Waals surface area contributed by atoms with Gasteiger partial charge in [-0.05, 0) is 31.7 Å². The molecule has 9 nitrogen and oxygen atoms in total. The first-order valence-electron chi connectivity index (χ1n) is 11.9. The Morgan fingerprint density at radius 2 is 1.11 bits per heavy atom. The molecule has 0 bridgehead atoms. The maximum atomic E-state index is 13.9. The number of benzene rings is 2. The zero-order valence-corrected chi connectivity index (χ0v) is 21.6. The van der Waals surface area contributed by atoms with Crippen molar-refractivity contribution in [1.82, 2.24) is 0 Å². The first-order valence-corrected chi connectivity index (χ1v) is 11.9. The zero-order valence-electron chi connectivity index (χ0n) is 21.6. The monoisotopic (exact) mass is 518 g/mol. The summed E-state index contributed by atoms with van der Waals surface area (Å²) in [4.78, 5) is 66.9. The lowest BCUT2D eigenvalue weighted by atomic mass is 9.71. The van der Waals surface area contributed by atoms with E-state index >= 15 is 0 Å². The highest BCUT2D eigenvalue weighted by atomic mass is 16.3. The van der Waals surface area contributed by atoms with Gasteiger partial charge in [0.05, 0.1) is 5.56 Å². The van der Waals surface area contributed by atoms with Crippen molar-refractivity contribution in [1.29, 1.82) is 0 Å². The molecule has 4 rings (SSSR count). The van der Waals surface area contributed by atoms with E-state index in [2.05, 4.69) is 0 Å². The van der Waals surface area contributed by atoms with Gasteiger partial charge in [0.1, 0.15) is 0 Å². The molecule has 0 heterocycles. The second kappa shape index (κ2) is 8.79. The molecular weight excluding hydrogens is 492 g/mol. The van der Waals surface area contributed by atoms with Gasteiger partial charge < -0.3 is 20.4 Å². The lowest BCUT2D eigenvalue weighted by molar-refractivity contribution is 0.0949. The van der Waals surface area contributed by atoms with Crippen LogP contribution in [-0.4, -0.2) is 49.8 Å². The van der Waals surface area contributed by atoms with Gasteiger partial charge in [0.2, 0.25) is 0 Å². The van der Waals surface area contributed by atoms with Gasteiger partial charge in [-0.3, -0.25) is 24.0 Å². The van der Waals surface area contributed by atoms with E-state index in [-0.39, 0.29) is 50.8 Å². The highest BCUT2D eigenvalue weighted by Crippen LogP contribution is 2.48. The lowest BCUT2D eigenvalue weighted by Crippen LogP contribution is -2.31. The molecule has 2 aromatic rings. The Labute approximate surface area is 217 Å². The van der Waals surface area contributed by atoms with Crippen molar-refractivity contribution >= 4 is 29.4 Å². The number of carbonyl (C=O) groups is 5. The third-order valence-corrected chi connectivity index (χ3v) is 7.17. The van der Waals surface area contributed by atoms with Gasteiger partial charge in [-0.1, -0.05) is 27.7 Å². The van der Waals surface area contributed by atoms with Gasteiger partial charge in [-0.2, -0.15) is 0 Å². The van der Waals surface area contributed by atoms with Gasteiger partial charge in [0.15, 0.2) is 52.4 Å². The Hall–Kier alpha value is -4.53. The maximum Gasteiger partial charge on any atom is 0.195 e. The third kappa shape index (κ3) is 3.34. The molecule has 0 aromatic heterocycles. The number of phenols is 4. The number of hydrogen-bond donors (Lipinski definition) is 4. The average molecular weight is 519 g/mol. The van der Waals surface area contributed by atoms with Crippen molar-refractivity contribution in [2.24, 2.45) is 0 Å². The summed E-state index contributed by atoms with van der Waals surface area (Å²) in [5.74, 6) is -6.89. The molecule has 0 radical (unpaired) electrons. The van der Waals surface area contributed by atoms with Crippen LogP contribution in [0.25, 0.3) is 0 Å². The van der Waals surface area contributed by atoms with E-state index in [4.69, 9.17) is 0 Å². The first kappa shape index (κ1) is 26.5. The summed E-state index contributed by atoms with van der Waals surface area (Å²) >= 11 is 0. The fourth-order valence-electron chi connectivity index (χ4n) is 5.38. The van der Waals surface area contributed by atoms with E-state index in [0.29, 0.717) is 0 Å². The van der Waals surface area contributed by atoms with Crippen LogP contribution in [0.2, 0.25) is 0 Å². The second-order valence-corrected chi connectivity index (χ2v) is 10.1. The van der Waals surface area contributed by atoms with E-state index in [0.717, 1.165) is 6.07 Å². The number of allylic oxidation sites excluding steroid dienone is 4. The van der Waals surface area contributed by atoms with Gasteiger partial charge in [-0.25, -0.2) is 0 Å². The smallest absolute Gasteiger partial charge is 0.195 e. The number of fused-ring (bicyclic) bond motifs is 2. The predicted molar refractivity (Wildman–Crippen MR) is 136 cm³/mol. The van der Waals surface area contributed by atoms with Crippen LogP contribution in [0.3, 0.4) is 0 Å². The van der Waals surface area contributed by atoms with E-state index in [1.54, 1.807) is 27.7 Å². The molecular formula is C29H26O9. The van der Waals surface area contributed by atoms with Crippen molar-refractivity contribution in [2.75, 3.05) is 0 Å². The number of ketones is 4. The fraction of sp³-hybridized carbons (Fsp3) is 0.276. The molecule has 2 aromatic carbocycles. The molecule has 2 aliphatic carbocycles. The SMILES string of the molecule is CC1=C(C2=C(C)C(=O)c3c(c(C=O)c(O)c(O)c3C(C)C)C2=O)C(=O)c2cc(O)c(O)c(C(C)C)c2C1=O. The Morgan fingerprint density at radius 1 is 0.632 bits per heavy atom. The molecule has 196 valence electrons. The van der Waals surface area contributed by atoms with Crippen molar-refractivity contribution < 1.29 is 44.4 Å². The summed E-state index contributed by atoms with van der Waals surface area (Å²) in [5.41, 5.74) is -2.75. The van der Waals surface area contributed by atoms with Crippen molar-refractivity contribution in [3.63, 3.8) is 0 Å². The molecule has 2 aliphatic rings. The van der Waals surface area contributed by atoms with E-state index in [1.807, 2.05) is 0 Å². The highest BCUT2D eigenvalue weighted by Gasteiger charge is 2.44. The van der Waals surface area contributed by atoms with E-state index in [9.17, 15) is 44.4 Å². The maximum absolute atomic E-state index is 13.9. The second-order valence-electron chi connectivity index (χ2n) is 10.1. The molecule has 38 heavy (non-hydrogen) atoms. The summed E-state index contributed by atoms with van der Waals surface area (Å²) in [7, 11) is 0. The normalized spacial score (nSPS) is 15.6. The first-order chi connectivity index (χ1) is 17.7. The summed E-state index contributed by atoms with van der Waals surface area (Å²) in [6, 6.07) is 0.944. The minimum atomic E-state index is -0.942. The van der Waals surface area contributed by atoms with Crippen LogP contribution in [0.5, 0.6) is 23.0 Å². The molecule has 0 aliphatic heterocycles. The molecule has 0 saturated carbocycles. The zero-order chi connectivity index (χ0) is 28.5. The molecule has 0 spiro atoms. The van der Waals surface area contributed by atoms with Crippen LogP contribution >= 0.6 is 0 Å². The lowest BCUT2D eigenvalue weighted by Gasteiger charge is -2.29. The van der Waals surface area contributed by atoms with Gasteiger partial charge in [0, 0.05) is 55.7 Å². The Bertz CT molecular complexity index is 1600. The minimum absolute atomic E-state index is 0.0242. The summed E-state index contributed by atoms with van der Waals surface area (Å²) < 4.78 is 0. The van der Waals surface area contributed by atoms with Crippen molar-refractivity contribution in [3.05, 3.63) is 67.3 Å². The van der Waals surface area contributed by atoms with Crippen molar-refractivity contribution in [3.8, 4) is 23.0 Å². The summed E-state index contributed by atoms with van der Waals surface area (Å²) in [6.07, 6.45) is 0.140. The van der Waals surface area contributed by atoms with Gasteiger partial charge in [-0.15, -0.1) is 0 Å². The topological polar surface area (TPSA) is 166 Å². The number of rotatable bonds is 4. The molecule has 0 atom stereocenters. The van der Waals surface area contributed by atoms with Crippen molar-refractivity contribution in [2.45, 2.75) is 53.4 Å². The molecule has 0 fully saturated rings. The number of aldehydes is 1. The number of phenolic OH excluding ortho intramolecular Hbond substituents is 4. The Morgan fingerprint density at radius 3 is 1.61 bits per heavy atom. The van der Waals surface area contributed by atoms with Gasteiger partial charge in [0.25, 0.3) is 0 Å². The van der Waals surface area contributed by atoms with E-state index < -0.39 is 74.7 Å². The highest BCUT2D eigenvalue weighted by molar-refractivity contribution is 6.38.